The Morgan fingerprint density at radius 3 is 2.52 bits per heavy atom. The van der Waals surface area contributed by atoms with Gasteiger partial charge in [-0.15, -0.1) is 0 Å². The third kappa shape index (κ3) is 3.88. The number of rotatable bonds is 5. The highest BCUT2D eigenvalue weighted by molar-refractivity contribution is 5.88. The maximum absolute atomic E-state index is 12.5. The fourth-order valence-corrected chi connectivity index (χ4v) is 3.01. The lowest BCUT2D eigenvalue weighted by atomic mass is 9.99. The number of carboxylic acids is 1. The van der Waals surface area contributed by atoms with E-state index < -0.39 is 11.4 Å². The van der Waals surface area contributed by atoms with Crippen molar-refractivity contribution in [1.82, 2.24) is 4.57 Å². The van der Waals surface area contributed by atoms with E-state index in [0.717, 1.165) is 12.8 Å². The number of ether oxygens (including phenoxy) is 1. The maximum Gasteiger partial charge on any atom is 0.341 e. The van der Waals surface area contributed by atoms with Crippen molar-refractivity contribution in [2.45, 2.75) is 19.4 Å². The molecule has 0 bridgehead atoms. The molecule has 3 rings (SSSR count). The number of hydrogen-bond acceptors (Lipinski definition) is 4. The smallest absolute Gasteiger partial charge is 0.341 e. The molecule has 25 heavy (non-hydrogen) atoms. The van der Waals surface area contributed by atoms with E-state index >= 15 is 0 Å². The van der Waals surface area contributed by atoms with Crippen molar-refractivity contribution in [2.75, 3.05) is 13.2 Å². The zero-order chi connectivity index (χ0) is 17.8. The van der Waals surface area contributed by atoms with Crippen molar-refractivity contribution < 1.29 is 24.1 Å². The predicted octanol–water partition coefficient (Wildman–Crippen LogP) is 2.90. The molecule has 6 nitrogen and oxygen atoms in total. The number of aromatic carboxylic acids is 1. The number of carboxylic acid groups (broad SMARTS) is 1. The summed E-state index contributed by atoms with van der Waals surface area (Å²) in [6.07, 6.45) is 4.82. The standard InChI is InChI=1S/C18H18FNO5/c19-25-14-3-1-13(2-4-14)15-10-20(9-12-5-7-24-8-6-12)11-16(17(15)21)18(22)23/h1-4,10-12H,5-9H2,(H,22,23). The quantitative estimate of drug-likeness (QED) is 0.900. The fraction of sp³-hybridized carbons (Fsp3) is 0.333. The molecule has 1 N–H and O–H groups in total. The summed E-state index contributed by atoms with van der Waals surface area (Å²) in [4.78, 5) is 27.6. The van der Waals surface area contributed by atoms with Crippen LogP contribution in [0.1, 0.15) is 23.2 Å². The average molecular weight is 347 g/mol. The first-order valence-electron chi connectivity index (χ1n) is 8.02. The largest absolute Gasteiger partial charge is 0.477 e. The monoisotopic (exact) mass is 347 g/mol. The summed E-state index contributed by atoms with van der Waals surface area (Å²) in [5, 5.41) is 9.35. The zero-order valence-electron chi connectivity index (χ0n) is 13.5. The Morgan fingerprint density at radius 2 is 1.92 bits per heavy atom. The number of pyridine rings is 1. The lowest BCUT2D eigenvalue weighted by Crippen LogP contribution is -2.24. The Morgan fingerprint density at radius 1 is 1.24 bits per heavy atom. The van der Waals surface area contributed by atoms with Crippen LogP contribution in [0, 0.1) is 5.92 Å². The van der Waals surface area contributed by atoms with Crippen molar-refractivity contribution in [2.24, 2.45) is 5.92 Å². The van der Waals surface area contributed by atoms with Gasteiger partial charge in [0.15, 0.2) is 5.75 Å². The van der Waals surface area contributed by atoms with Crippen LogP contribution in [0.25, 0.3) is 11.1 Å². The van der Waals surface area contributed by atoms with Gasteiger partial charge in [0, 0.05) is 42.2 Å². The summed E-state index contributed by atoms with van der Waals surface area (Å²) in [6.45, 7) is 1.99. The molecule has 1 aromatic heterocycles. The minimum absolute atomic E-state index is 0.0145. The number of carbonyl (C=O) groups is 1. The molecule has 2 heterocycles. The number of nitrogens with zero attached hydrogens (tertiary/aromatic N) is 1. The summed E-state index contributed by atoms with van der Waals surface area (Å²) in [5.74, 6) is -0.884. The minimum Gasteiger partial charge on any atom is -0.477 e. The third-order valence-electron chi connectivity index (χ3n) is 4.37. The molecule has 0 saturated carbocycles. The van der Waals surface area contributed by atoms with Crippen molar-refractivity contribution in [1.29, 1.82) is 0 Å². The van der Waals surface area contributed by atoms with Gasteiger partial charge in [0.25, 0.3) is 0 Å². The predicted molar refractivity (Wildman–Crippen MR) is 88.4 cm³/mol. The Bertz CT molecular complexity index is 809. The van der Waals surface area contributed by atoms with Gasteiger partial charge in [-0.25, -0.2) is 4.79 Å². The number of hydrogen-bond donors (Lipinski definition) is 1. The number of halogens is 1. The van der Waals surface area contributed by atoms with E-state index in [-0.39, 0.29) is 16.9 Å². The molecular weight excluding hydrogens is 329 g/mol. The second kappa shape index (κ2) is 7.48. The van der Waals surface area contributed by atoms with Gasteiger partial charge in [-0.2, -0.15) is 0 Å². The van der Waals surface area contributed by atoms with Crippen LogP contribution in [-0.4, -0.2) is 28.9 Å². The van der Waals surface area contributed by atoms with Gasteiger partial charge < -0.3 is 14.4 Å². The average Bonchev–Trinajstić information content (AvgIpc) is 2.64. The van der Waals surface area contributed by atoms with Crippen molar-refractivity contribution in [3.05, 3.63) is 52.4 Å². The van der Waals surface area contributed by atoms with Crippen LogP contribution in [0.15, 0.2) is 41.5 Å². The first kappa shape index (κ1) is 17.2. The highest BCUT2D eigenvalue weighted by atomic mass is 19.3. The molecule has 0 radical (unpaired) electrons. The molecule has 0 unspecified atom stereocenters. The van der Waals surface area contributed by atoms with Crippen LogP contribution in [-0.2, 0) is 11.3 Å². The van der Waals surface area contributed by atoms with E-state index in [0.29, 0.717) is 31.2 Å². The number of benzene rings is 1. The lowest BCUT2D eigenvalue weighted by molar-refractivity contribution is -0.00618. The van der Waals surface area contributed by atoms with E-state index in [2.05, 4.69) is 4.94 Å². The van der Waals surface area contributed by atoms with Gasteiger partial charge in [0.05, 0.1) is 0 Å². The summed E-state index contributed by atoms with van der Waals surface area (Å²) in [5.41, 5.74) is -0.0768. The first-order valence-corrected chi connectivity index (χ1v) is 8.02. The molecule has 0 atom stereocenters. The van der Waals surface area contributed by atoms with E-state index in [1.54, 1.807) is 10.8 Å². The van der Waals surface area contributed by atoms with Crippen LogP contribution in [0.5, 0.6) is 5.75 Å². The van der Waals surface area contributed by atoms with E-state index in [1.807, 2.05) is 0 Å². The Labute approximate surface area is 143 Å². The van der Waals surface area contributed by atoms with Crippen LogP contribution < -0.4 is 10.4 Å². The van der Waals surface area contributed by atoms with Crippen LogP contribution in [0.3, 0.4) is 0 Å². The molecular formula is C18H18FNO5. The fourth-order valence-electron chi connectivity index (χ4n) is 3.01. The van der Waals surface area contributed by atoms with Crippen LogP contribution in [0.2, 0.25) is 0 Å². The van der Waals surface area contributed by atoms with E-state index in [1.165, 1.54) is 30.5 Å². The van der Waals surface area contributed by atoms with Gasteiger partial charge in [-0.05, 0) is 36.5 Å². The maximum atomic E-state index is 12.5. The highest BCUT2D eigenvalue weighted by Crippen LogP contribution is 2.22. The molecule has 0 amide bonds. The van der Waals surface area contributed by atoms with Crippen molar-refractivity contribution >= 4 is 5.97 Å². The van der Waals surface area contributed by atoms with Crippen LogP contribution in [0.4, 0.5) is 4.53 Å². The highest BCUT2D eigenvalue weighted by Gasteiger charge is 2.18. The Balaban J connectivity index is 2.00. The molecule has 1 aromatic carbocycles. The minimum atomic E-state index is -1.27. The topological polar surface area (TPSA) is 77.8 Å². The Kier molecular flexibility index (Phi) is 5.14. The third-order valence-corrected chi connectivity index (χ3v) is 4.37. The molecule has 1 aliphatic heterocycles. The van der Waals surface area contributed by atoms with E-state index in [4.69, 9.17) is 4.74 Å². The molecule has 0 aliphatic carbocycles. The zero-order valence-corrected chi connectivity index (χ0v) is 13.5. The Hall–Kier alpha value is -2.67. The summed E-state index contributed by atoms with van der Waals surface area (Å²) >= 11 is 0. The molecule has 1 fully saturated rings. The summed E-state index contributed by atoms with van der Waals surface area (Å²) in [7, 11) is 0. The molecule has 1 saturated heterocycles. The molecule has 2 aromatic rings. The second-order valence-corrected chi connectivity index (χ2v) is 6.07. The molecule has 132 valence electrons. The molecule has 7 heteroatoms. The summed E-state index contributed by atoms with van der Waals surface area (Å²) < 4.78 is 19.3. The first-order chi connectivity index (χ1) is 12.1. The van der Waals surface area contributed by atoms with Gasteiger partial charge >= 0.3 is 5.97 Å². The molecule has 0 spiro atoms. The number of aromatic nitrogens is 1. The van der Waals surface area contributed by atoms with E-state index in [9.17, 15) is 19.2 Å². The van der Waals surface area contributed by atoms with Crippen LogP contribution >= 0.6 is 0 Å². The van der Waals surface area contributed by atoms with Crippen molar-refractivity contribution in [3.8, 4) is 16.9 Å². The summed E-state index contributed by atoms with van der Waals surface area (Å²) in [6, 6.07) is 5.81. The van der Waals surface area contributed by atoms with Gasteiger partial charge in [-0.3, -0.25) is 9.74 Å². The normalized spacial score (nSPS) is 15.1. The van der Waals surface area contributed by atoms with Gasteiger partial charge in [0.2, 0.25) is 5.43 Å². The molecule has 1 aliphatic rings. The lowest BCUT2D eigenvalue weighted by Gasteiger charge is -2.23. The van der Waals surface area contributed by atoms with Gasteiger partial charge in [-0.1, -0.05) is 12.1 Å². The SMILES string of the molecule is O=C(O)c1cn(CC2CCOCC2)cc(-c2ccc(OF)cc2)c1=O. The van der Waals surface area contributed by atoms with Gasteiger partial charge in [0.1, 0.15) is 5.56 Å². The van der Waals surface area contributed by atoms with Crippen molar-refractivity contribution in [3.63, 3.8) is 0 Å². The second-order valence-electron chi connectivity index (χ2n) is 6.07.